The maximum atomic E-state index is 12.5. The number of anilines is 1. The normalized spacial score (nSPS) is 13.4. The zero-order valence-corrected chi connectivity index (χ0v) is 17.2. The van der Waals surface area contributed by atoms with Gasteiger partial charge in [0.25, 0.3) is 11.6 Å². The Hall–Kier alpha value is -3.57. The quantitative estimate of drug-likeness (QED) is 0.347. The summed E-state index contributed by atoms with van der Waals surface area (Å²) in [7, 11) is 0. The van der Waals surface area contributed by atoms with Crippen molar-refractivity contribution in [2.24, 2.45) is 0 Å². The summed E-state index contributed by atoms with van der Waals surface area (Å²) in [5.74, 6) is -1.59. The number of aromatic carboxylic acids is 1. The molecule has 2 aromatic carbocycles. The standard InChI is InChI=1S/C20H20N4O6S/c25-18(22-20(31)21-12-13-1-3-14(4-2-13)19(26)27)15-5-6-16(17(11-15)24(28)29)23-7-9-30-10-8-23/h1-6,11H,7-10,12H2,(H,26,27)(H2,21,22,25,31). The molecule has 1 heterocycles. The number of thiocarbonyl (C=S) groups is 1. The first kappa shape index (κ1) is 22.1. The number of nitro benzene ring substituents is 1. The Morgan fingerprint density at radius 2 is 1.77 bits per heavy atom. The number of ether oxygens (including phenoxy) is 1. The Balaban J connectivity index is 1.62. The van der Waals surface area contributed by atoms with E-state index in [1.54, 1.807) is 18.2 Å². The van der Waals surface area contributed by atoms with E-state index in [4.69, 9.17) is 22.1 Å². The lowest BCUT2D eigenvalue weighted by atomic mass is 10.1. The van der Waals surface area contributed by atoms with Crippen LogP contribution < -0.4 is 15.5 Å². The number of benzene rings is 2. The number of carbonyl (C=O) groups excluding carboxylic acids is 1. The predicted octanol–water partition coefficient (Wildman–Crippen LogP) is 1.93. The summed E-state index contributed by atoms with van der Waals surface area (Å²) >= 11 is 5.12. The zero-order valence-electron chi connectivity index (χ0n) is 16.4. The molecule has 2 aromatic rings. The van der Waals surface area contributed by atoms with Crippen LogP contribution in [0.25, 0.3) is 0 Å². The molecule has 1 aliphatic rings. The summed E-state index contributed by atoms with van der Waals surface area (Å²) in [6, 6.07) is 10.5. The van der Waals surface area contributed by atoms with Crippen LogP contribution in [0.3, 0.4) is 0 Å². The third kappa shape index (κ3) is 5.74. The molecular weight excluding hydrogens is 424 g/mol. The smallest absolute Gasteiger partial charge is 0.335 e. The van der Waals surface area contributed by atoms with Crippen LogP contribution in [0.4, 0.5) is 11.4 Å². The van der Waals surface area contributed by atoms with Crippen molar-refractivity contribution in [3.63, 3.8) is 0 Å². The van der Waals surface area contributed by atoms with Crippen LogP contribution in [0.1, 0.15) is 26.3 Å². The van der Waals surface area contributed by atoms with E-state index in [1.807, 2.05) is 4.90 Å². The summed E-state index contributed by atoms with van der Waals surface area (Å²) < 4.78 is 5.28. The van der Waals surface area contributed by atoms with Crippen LogP contribution in [0, 0.1) is 10.1 Å². The summed E-state index contributed by atoms with van der Waals surface area (Å²) in [4.78, 5) is 36.2. The van der Waals surface area contributed by atoms with Gasteiger partial charge in [0.1, 0.15) is 5.69 Å². The minimum Gasteiger partial charge on any atom is -0.478 e. The van der Waals surface area contributed by atoms with E-state index in [1.165, 1.54) is 24.3 Å². The van der Waals surface area contributed by atoms with Crippen molar-refractivity contribution in [1.29, 1.82) is 0 Å². The summed E-state index contributed by atoms with van der Waals surface area (Å²) in [6.45, 7) is 2.31. The molecule has 3 rings (SSSR count). The highest BCUT2D eigenvalue weighted by Gasteiger charge is 2.23. The van der Waals surface area contributed by atoms with E-state index in [2.05, 4.69) is 10.6 Å². The second-order valence-corrected chi connectivity index (χ2v) is 7.11. The lowest BCUT2D eigenvalue weighted by molar-refractivity contribution is -0.384. The van der Waals surface area contributed by atoms with E-state index in [0.717, 1.165) is 5.56 Å². The Bertz CT molecular complexity index is 1010. The summed E-state index contributed by atoms with van der Waals surface area (Å²) in [5.41, 5.74) is 1.33. The van der Waals surface area contributed by atoms with E-state index in [-0.39, 0.29) is 28.5 Å². The molecule has 162 valence electrons. The molecule has 0 spiro atoms. The van der Waals surface area contributed by atoms with Gasteiger partial charge >= 0.3 is 5.97 Å². The number of hydrogen-bond donors (Lipinski definition) is 3. The molecule has 11 heteroatoms. The van der Waals surface area contributed by atoms with E-state index < -0.39 is 16.8 Å². The second-order valence-electron chi connectivity index (χ2n) is 6.70. The van der Waals surface area contributed by atoms with Crippen molar-refractivity contribution < 1.29 is 24.4 Å². The zero-order chi connectivity index (χ0) is 22.4. The van der Waals surface area contributed by atoms with Gasteiger partial charge in [-0.15, -0.1) is 0 Å². The van der Waals surface area contributed by atoms with Gasteiger partial charge in [-0.25, -0.2) is 4.79 Å². The molecule has 0 unspecified atom stereocenters. The van der Waals surface area contributed by atoms with Gasteiger partial charge in [-0.3, -0.25) is 20.2 Å². The second kappa shape index (κ2) is 9.96. The first-order chi connectivity index (χ1) is 14.8. The maximum Gasteiger partial charge on any atom is 0.335 e. The van der Waals surface area contributed by atoms with Gasteiger partial charge in [0.05, 0.1) is 23.7 Å². The van der Waals surface area contributed by atoms with Crippen molar-refractivity contribution in [2.45, 2.75) is 6.54 Å². The molecule has 1 amide bonds. The molecule has 1 fully saturated rings. The van der Waals surface area contributed by atoms with Gasteiger partial charge in [0.15, 0.2) is 5.11 Å². The van der Waals surface area contributed by atoms with Gasteiger partial charge in [-0.1, -0.05) is 12.1 Å². The molecule has 31 heavy (non-hydrogen) atoms. The van der Waals surface area contributed by atoms with Crippen LogP contribution in [-0.2, 0) is 11.3 Å². The molecule has 0 atom stereocenters. The number of carboxylic acids is 1. The molecular formula is C20H20N4O6S. The number of nitro groups is 1. The fourth-order valence-electron chi connectivity index (χ4n) is 3.05. The maximum absolute atomic E-state index is 12.5. The lowest BCUT2D eigenvalue weighted by Crippen LogP contribution is -2.39. The number of amides is 1. The number of nitrogens with one attached hydrogen (secondary N) is 2. The van der Waals surface area contributed by atoms with E-state index in [0.29, 0.717) is 32.0 Å². The Kier molecular flexibility index (Phi) is 7.11. The third-order valence-electron chi connectivity index (χ3n) is 4.67. The molecule has 1 aliphatic heterocycles. The first-order valence-electron chi connectivity index (χ1n) is 9.37. The van der Waals surface area contributed by atoms with Gasteiger partial charge in [-0.2, -0.15) is 0 Å². The van der Waals surface area contributed by atoms with Gasteiger partial charge in [-0.05, 0) is 42.0 Å². The highest BCUT2D eigenvalue weighted by molar-refractivity contribution is 7.80. The average molecular weight is 444 g/mol. The minimum atomic E-state index is -1.02. The van der Waals surface area contributed by atoms with Crippen molar-refractivity contribution >= 4 is 40.6 Å². The number of rotatable bonds is 6. The molecule has 0 saturated carbocycles. The summed E-state index contributed by atoms with van der Waals surface area (Å²) in [6.07, 6.45) is 0. The van der Waals surface area contributed by atoms with Crippen LogP contribution in [0.5, 0.6) is 0 Å². The molecule has 1 saturated heterocycles. The fraction of sp³-hybridized carbons (Fsp3) is 0.250. The number of nitrogens with zero attached hydrogens (tertiary/aromatic N) is 2. The van der Waals surface area contributed by atoms with Crippen LogP contribution in [-0.4, -0.2) is 53.3 Å². The predicted molar refractivity (Wildman–Crippen MR) is 116 cm³/mol. The monoisotopic (exact) mass is 444 g/mol. The number of hydrogen-bond acceptors (Lipinski definition) is 7. The summed E-state index contributed by atoms with van der Waals surface area (Å²) in [5, 5.41) is 25.8. The fourth-order valence-corrected chi connectivity index (χ4v) is 3.21. The Morgan fingerprint density at radius 3 is 2.39 bits per heavy atom. The number of morpholine rings is 1. The van der Waals surface area contributed by atoms with E-state index in [9.17, 15) is 19.7 Å². The van der Waals surface area contributed by atoms with Crippen molar-refractivity contribution in [3.05, 3.63) is 69.3 Å². The molecule has 0 radical (unpaired) electrons. The molecule has 3 N–H and O–H groups in total. The molecule has 0 aromatic heterocycles. The van der Waals surface area contributed by atoms with Crippen molar-refractivity contribution in [1.82, 2.24) is 10.6 Å². The van der Waals surface area contributed by atoms with Crippen molar-refractivity contribution in [2.75, 3.05) is 31.2 Å². The molecule has 0 aliphatic carbocycles. The van der Waals surface area contributed by atoms with Crippen LogP contribution in [0.15, 0.2) is 42.5 Å². The topological polar surface area (TPSA) is 134 Å². The molecule has 0 bridgehead atoms. The number of carbonyl (C=O) groups is 2. The van der Waals surface area contributed by atoms with Crippen molar-refractivity contribution in [3.8, 4) is 0 Å². The Morgan fingerprint density at radius 1 is 1.13 bits per heavy atom. The average Bonchev–Trinajstić information content (AvgIpc) is 2.78. The Labute approximate surface area is 183 Å². The van der Waals surface area contributed by atoms with Crippen LogP contribution in [0.2, 0.25) is 0 Å². The minimum absolute atomic E-state index is 0.0484. The molecule has 10 nitrogen and oxygen atoms in total. The third-order valence-corrected chi connectivity index (χ3v) is 4.91. The van der Waals surface area contributed by atoms with E-state index >= 15 is 0 Å². The number of carboxylic acid groups (broad SMARTS) is 1. The van der Waals surface area contributed by atoms with Gasteiger partial charge in [0.2, 0.25) is 0 Å². The van der Waals surface area contributed by atoms with Gasteiger partial charge < -0.3 is 20.1 Å². The van der Waals surface area contributed by atoms with Gasteiger partial charge in [0, 0.05) is 31.3 Å². The van der Waals surface area contributed by atoms with Crippen LogP contribution >= 0.6 is 12.2 Å². The lowest BCUT2D eigenvalue weighted by Gasteiger charge is -2.28. The largest absolute Gasteiger partial charge is 0.478 e. The SMILES string of the molecule is O=C(O)c1ccc(CNC(=S)NC(=O)c2ccc(N3CCOCC3)c([N+](=O)[O-])c2)cc1. The first-order valence-corrected chi connectivity index (χ1v) is 9.78. The highest BCUT2D eigenvalue weighted by atomic mass is 32.1. The highest BCUT2D eigenvalue weighted by Crippen LogP contribution is 2.29.